The molecule has 0 saturated heterocycles. The Hall–Kier alpha value is -4.07. The molecule has 3 rings (SSSR count). The Morgan fingerprint density at radius 1 is 0.862 bits per heavy atom. The highest BCUT2D eigenvalue weighted by Gasteiger charge is 2.15. The molecule has 0 spiro atoms. The van der Waals surface area contributed by atoms with Crippen LogP contribution in [0.5, 0.6) is 11.5 Å². The molecule has 0 atom stereocenters. The van der Waals surface area contributed by atoms with E-state index < -0.39 is 11.8 Å². The van der Waals surface area contributed by atoms with E-state index in [-0.39, 0.29) is 16.7 Å². The molecular weight excluding hydrogens is 374 g/mol. The van der Waals surface area contributed by atoms with E-state index in [1.54, 1.807) is 42.5 Å². The minimum absolute atomic E-state index is 0.264. The smallest absolute Gasteiger partial charge is 0.257 e. The third-order valence-electron chi connectivity index (χ3n) is 4.11. The molecule has 2 aromatic carbocycles. The maximum Gasteiger partial charge on any atom is 0.257 e. The minimum Gasteiger partial charge on any atom is -0.493 e. The van der Waals surface area contributed by atoms with Gasteiger partial charge in [0.25, 0.3) is 11.8 Å². The number of aromatic amines is 1. The number of aromatic nitrogens is 1. The number of pyridine rings is 1. The summed E-state index contributed by atoms with van der Waals surface area (Å²) in [6, 6.07) is 14.3. The molecule has 0 unspecified atom stereocenters. The number of H-pyrrole nitrogens is 1. The summed E-state index contributed by atoms with van der Waals surface area (Å²) in [5.74, 6) is 0.159. The van der Waals surface area contributed by atoms with Crippen LogP contribution >= 0.6 is 0 Å². The third-order valence-corrected chi connectivity index (χ3v) is 4.11. The average Bonchev–Trinajstić information content (AvgIpc) is 2.74. The molecule has 2 amide bonds. The van der Waals surface area contributed by atoms with Crippen molar-refractivity contribution in [3.05, 3.63) is 82.3 Å². The number of carbonyl (C=O) groups excluding carboxylic acids is 2. The highest BCUT2D eigenvalue weighted by atomic mass is 16.5. The number of hydrogen-bond donors (Lipinski definition) is 3. The van der Waals surface area contributed by atoms with E-state index in [4.69, 9.17) is 9.47 Å². The van der Waals surface area contributed by atoms with Gasteiger partial charge in [-0.15, -0.1) is 0 Å². The van der Waals surface area contributed by atoms with Crippen LogP contribution in [0.4, 0.5) is 11.4 Å². The van der Waals surface area contributed by atoms with E-state index in [2.05, 4.69) is 15.6 Å². The number of amides is 2. The van der Waals surface area contributed by atoms with E-state index in [1.807, 2.05) is 0 Å². The number of hydrogen-bond acceptors (Lipinski definition) is 5. The molecule has 0 radical (unpaired) electrons. The summed E-state index contributed by atoms with van der Waals surface area (Å²) >= 11 is 0. The second-order valence-electron chi connectivity index (χ2n) is 5.97. The lowest BCUT2D eigenvalue weighted by atomic mass is 10.1. The normalized spacial score (nSPS) is 10.1. The SMILES string of the molecule is COc1ccc(NC(=O)c2ccccc2NC(=O)c2ccc(=O)[nH]c2)cc1OC. The summed E-state index contributed by atoms with van der Waals surface area (Å²) in [6.07, 6.45) is 1.31. The van der Waals surface area contributed by atoms with Crippen LogP contribution in [-0.2, 0) is 0 Å². The molecule has 0 saturated carbocycles. The van der Waals surface area contributed by atoms with Crippen LogP contribution in [0, 0.1) is 0 Å². The molecule has 0 aliphatic heterocycles. The topological polar surface area (TPSA) is 110 Å². The molecule has 0 bridgehead atoms. The van der Waals surface area contributed by atoms with Crippen molar-refractivity contribution in [1.82, 2.24) is 4.98 Å². The number of methoxy groups -OCH3 is 2. The van der Waals surface area contributed by atoms with E-state index in [0.717, 1.165) is 0 Å². The Labute approximate surface area is 166 Å². The van der Waals surface area contributed by atoms with Crippen molar-refractivity contribution in [2.24, 2.45) is 0 Å². The molecule has 1 heterocycles. The zero-order chi connectivity index (χ0) is 20.8. The van der Waals surface area contributed by atoms with Crippen molar-refractivity contribution in [2.45, 2.75) is 0 Å². The van der Waals surface area contributed by atoms with Gasteiger partial charge in [0.2, 0.25) is 5.56 Å². The van der Waals surface area contributed by atoms with Gasteiger partial charge in [-0.25, -0.2) is 0 Å². The van der Waals surface area contributed by atoms with Gasteiger partial charge in [-0.05, 0) is 30.3 Å². The highest BCUT2D eigenvalue weighted by Crippen LogP contribution is 2.30. The lowest BCUT2D eigenvalue weighted by Crippen LogP contribution is -2.19. The van der Waals surface area contributed by atoms with Crippen molar-refractivity contribution in [3.8, 4) is 11.5 Å². The summed E-state index contributed by atoms with van der Waals surface area (Å²) in [7, 11) is 3.03. The third kappa shape index (κ3) is 4.62. The van der Waals surface area contributed by atoms with Gasteiger partial charge >= 0.3 is 0 Å². The fraction of sp³-hybridized carbons (Fsp3) is 0.0952. The van der Waals surface area contributed by atoms with Crippen LogP contribution in [0.3, 0.4) is 0 Å². The number of anilines is 2. The fourth-order valence-electron chi connectivity index (χ4n) is 2.65. The largest absolute Gasteiger partial charge is 0.493 e. The average molecular weight is 393 g/mol. The predicted molar refractivity (Wildman–Crippen MR) is 109 cm³/mol. The molecule has 29 heavy (non-hydrogen) atoms. The Balaban J connectivity index is 1.81. The lowest BCUT2D eigenvalue weighted by Gasteiger charge is -2.13. The molecule has 3 N–H and O–H groups in total. The molecule has 8 nitrogen and oxygen atoms in total. The van der Waals surface area contributed by atoms with Gasteiger partial charge in [0.05, 0.1) is 31.0 Å². The zero-order valence-corrected chi connectivity index (χ0v) is 15.8. The quantitative estimate of drug-likeness (QED) is 0.597. The summed E-state index contributed by atoms with van der Waals surface area (Å²) in [6.45, 7) is 0. The van der Waals surface area contributed by atoms with Gasteiger partial charge in [-0.1, -0.05) is 12.1 Å². The van der Waals surface area contributed by atoms with Crippen LogP contribution in [0.2, 0.25) is 0 Å². The van der Waals surface area contributed by atoms with Gasteiger partial charge in [0, 0.05) is 24.0 Å². The van der Waals surface area contributed by atoms with Gasteiger partial charge in [-0.3, -0.25) is 14.4 Å². The maximum absolute atomic E-state index is 12.8. The lowest BCUT2D eigenvalue weighted by molar-refractivity contribution is 0.102. The van der Waals surface area contributed by atoms with Crippen LogP contribution in [0.15, 0.2) is 65.6 Å². The second kappa shape index (κ2) is 8.75. The second-order valence-corrected chi connectivity index (χ2v) is 5.97. The first-order valence-electron chi connectivity index (χ1n) is 8.64. The van der Waals surface area contributed by atoms with Crippen molar-refractivity contribution >= 4 is 23.2 Å². The van der Waals surface area contributed by atoms with Gasteiger partial charge in [0.1, 0.15) is 0 Å². The molecule has 0 aliphatic carbocycles. The van der Waals surface area contributed by atoms with Crippen molar-refractivity contribution in [2.75, 3.05) is 24.9 Å². The summed E-state index contributed by atoms with van der Waals surface area (Å²) < 4.78 is 10.4. The number of benzene rings is 2. The molecule has 3 aromatic rings. The van der Waals surface area contributed by atoms with E-state index >= 15 is 0 Å². The highest BCUT2D eigenvalue weighted by molar-refractivity contribution is 6.12. The summed E-state index contributed by atoms with van der Waals surface area (Å²) in [4.78, 5) is 38.8. The Morgan fingerprint density at radius 2 is 1.62 bits per heavy atom. The number of nitrogens with one attached hydrogen (secondary N) is 3. The Morgan fingerprint density at radius 3 is 2.31 bits per heavy atom. The number of ether oxygens (including phenoxy) is 2. The first kappa shape index (κ1) is 19.7. The van der Waals surface area contributed by atoms with E-state index in [0.29, 0.717) is 22.9 Å². The van der Waals surface area contributed by atoms with Gasteiger partial charge < -0.3 is 25.1 Å². The van der Waals surface area contributed by atoms with Crippen molar-refractivity contribution < 1.29 is 19.1 Å². The van der Waals surface area contributed by atoms with Crippen LogP contribution in [0.1, 0.15) is 20.7 Å². The summed E-state index contributed by atoms with van der Waals surface area (Å²) in [5.41, 5.74) is 1.08. The Kier molecular flexibility index (Phi) is 5.94. The molecule has 8 heteroatoms. The Bertz CT molecular complexity index is 1090. The van der Waals surface area contributed by atoms with Crippen LogP contribution in [-0.4, -0.2) is 31.0 Å². The predicted octanol–water partition coefficient (Wildman–Crippen LogP) is 2.90. The first-order valence-corrected chi connectivity index (χ1v) is 8.64. The number of rotatable bonds is 6. The van der Waals surface area contributed by atoms with Crippen molar-refractivity contribution in [3.63, 3.8) is 0 Å². The van der Waals surface area contributed by atoms with E-state index in [9.17, 15) is 14.4 Å². The van der Waals surface area contributed by atoms with Crippen molar-refractivity contribution in [1.29, 1.82) is 0 Å². The molecule has 0 aliphatic rings. The minimum atomic E-state index is -0.451. The number of para-hydroxylation sites is 1. The number of carbonyl (C=O) groups is 2. The molecule has 1 aromatic heterocycles. The fourth-order valence-corrected chi connectivity index (χ4v) is 2.65. The summed E-state index contributed by atoms with van der Waals surface area (Å²) in [5, 5.41) is 5.46. The molecule has 148 valence electrons. The van der Waals surface area contributed by atoms with E-state index in [1.165, 1.54) is 32.5 Å². The monoisotopic (exact) mass is 393 g/mol. The van der Waals surface area contributed by atoms with Crippen LogP contribution in [0.25, 0.3) is 0 Å². The first-order chi connectivity index (χ1) is 14.0. The van der Waals surface area contributed by atoms with Gasteiger partial charge in [-0.2, -0.15) is 0 Å². The maximum atomic E-state index is 12.8. The molecular formula is C21H19N3O5. The van der Waals surface area contributed by atoms with Gasteiger partial charge in [0.15, 0.2) is 11.5 Å². The standard InChI is InChI=1S/C21H19N3O5/c1-28-17-9-8-14(11-18(17)29-2)23-21(27)15-5-3-4-6-16(15)24-20(26)13-7-10-19(25)22-12-13/h3-12H,1-2H3,(H,22,25)(H,23,27)(H,24,26). The molecule has 0 fully saturated rings. The zero-order valence-electron chi connectivity index (χ0n) is 15.8. The van der Waals surface area contributed by atoms with Crippen LogP contribution < -0.4 is 25.7 Å².